The van der Waals surface area contributed by atoms with Crippen molar-refractivity contribution >= 4 is 11.6 Å². The average Bonchev–Trinajstić information content (AvgIpc) is 3.12. The van der Waals surface area contributed by atoms with E-state index < -0.39 is 0 Å². The first kappa shape index (κ1) is 18.2. The molecule has 6 heteroatoms. The van der Waals surface area contributed by atoms with Crippen LogP contribution in [0.15, 0.2) is 53.1 Å². The third-order valence-corrected chi connectivity index (χ3v) is 5.42. The number of hydrogen-bond acceptors (Lipinski definition) is 3. The van der Waals surface area contributed by atoms with Crippen LogP contribution in [0.3, 0.4) is 0 Å². The number of piperazine rings is 1. The fourth-order valence-electron chi connectivity index (χ4n) is 3.68. The van der Waals surface area contributed by atoms with E-state index in [9.17, 15) is 0 Å². The zero-order valence-electron chi connectivity index (χ0n) is 15.5. The fourth-order valence-corrected chi connectivity index (χ4v) is 3.80. The number of halogens is 1. The minimum Gasteiger partial charge on any atom is -0.333 e. The predicted octanol–water partition coefficient (Wildman–Crippen LogP) is 1.18. The maximum absolute atomic E-state index is 5.93. The number of aryl methyl sites for hydroxylation is 1. The monoisotopic (exact) mass is 384 g/mol. The van der Waals surface area contributed by atoms with Gasteiger partial charge in [-0.25, -0.2) is 0 Å². The van der Waals surface area contributed by atoms with Crippen LogP contribution in [0.2, 0.25) is 5.02 Å². The quantitative estimate of drug-likeness (QED) is 0.694. The fraction of sp³-hybridized carbons (Fsp3) is 0.333. The van der Waals surface area contributed by atoms with Gasteiger partial charge in [-0.2, -0.15) is 4.98 Å². The van der Waals surface area contributed by atoms with E-state index in [1.807, 2.05) is 24.3 Å². The van der Waals surface area contributed by atoms with Crippen molar-refractivity contribution in [1.82, 2.24) is 10.1 Å². The first-order valence-electron chi connectivity index (χ1n) is 9.47. The zero-order valence-corrected chi connectivity index (χ0v) is 16.3. The molecule has 0 saturated carbocycles. The molecule has 5 nitrogen and oxygen atoms in total. The molecule has 0 bridgehead atoms. The molecular formula is C21H25ClN4O+2. The Morgan fingerprint density at radius 1 is 0.963 bits per heavy atom. The maximum Gasteiger partial charge on any atom is 0.282 e. The minimum absolute atomic E-state index is 0.629. The highest BCUT2D eigenvalue weighted by molar-refractivity contribution is 6.30. The first-order valence-corrected chi connectivity index (χ1v) is 9.85. The van der Waals surface area contributed by atoms with E-state index in [0.29, 0.717) is 16.7 Å². The van der Waals surface area contributed by atoms with Gasteiger partial charge in [0.2, 0.25) is 5.82 Å². The third kappa shape index (κ3) is 4.75. The molecule has 3 aromatic rings. The number of rotatable bonds is 5. The van der Waals surface area contributed by atoms with E-state index in [4.69, 9.17) is 16.1 Å². The summed E-state index contributed by atoms with van der Waals surface area (Å²) in [7, 11) is 0. The number of hydrogen-bond donors (Lipinski definition) is 2. The van der Waals surface area contributed by atoms with E-state index in [1.54, 1.807) is 4.90 Å². The highest BCUT2D eigenvalue weighted by Gasteiger charge is 2.25. The highest BCUT2D eigenvalue weighted by atomic mass is 35.5. The molecule has 0 radical (unpaired) electrons. The average molecular weight is 385 g/mol. The van der Waals surface area contributed by atoms with Crippen molar-refractivity contribution in [3.8, 4) is 11.4 Å². The molecule has 1 aromatic heterocycles. The number of aromatic nitrogens is 2. The van der Waals surface area contributed by atoms with E-state index in [-0.39, 0.29) is 0 Å². The number of nitrogens with one attached hydrogen (secondary N) is 2. The van der Waals surface area contributed by atoms with Crippen molar-refractivity contribution < 1.29 is 14.3 Å². The van der Waals surface area contributed by atoms with Gasteiger partial charge in [0.25, 0.3) is 5.89 Å². The molecule has 1 aliphatic heterocycles. The topological polar surface area (TPSA) is 47.8 Å². The zero-order chi connectivity index (χ0) is 18.6. The van der Waals surface area contributed by atoms with Gasteiger partial charge in [-0.3, -0.25) is 0 Å². The Labute approximate surface area is 164 Å². The van der Waals surface area contributed by atoms with Crippen molar-refractivity contribution in [1.29, 1.82) is 0 Å². The Hall–Kier alpha value is -2.21. The Balaban J connectivity index is 1.30. The molecule has 0 aliphatic carbocycles. The molecule has 27 heavy (non-hydrogen) atoms. The summed E-state index contributed by atoms with van der Waals surface area (Å²) in [5.74, 6) is 1.34. The summed E-state index contributed by atoms with van der Waals surface area (Å²) >= 11 is 5.93. The van der Waals surface area contributed by atoms with Crippen LogP contribution in [0, 0.1) is 6.92 Å². The van der Waals surface area contributed by atoms with Crippen LogP contribution < -0.4 is 9.80 Å². The van der Waals surface area contributed by atoms with Crippen LogP contribution in [0.25, 0.3) is 11.4 Å². The summed E-state index contributed by atoms with van der Waals surface area (Å²) in [5, 5.41) is 4.82. The maximum atomic E-state index is 5.93. The Morgan fingerprint density at radius 2 is 1.67 bits per heavy atom. The normalized spacial score (nSPS) is 19.9. The van der Waals surface area contributed by atoms with E-state index in [2.05, 4.69) is 41.3 Å². The van der Waals surface area contributed by atoms with Crippen molar-refractivity contribution in [2.45, 2.75) is 20.0 Å². The Kier molecular flexibility index (Phi) is 5.53. The predicted molar refractivity (Wildman–Crippen MR) is 105 cm³/mol. The number of quaternary nitrogens is 2. The lowest BCUT2D eigenvalue weighted by molar-refractivity contribution is -1.02. The van der Waals surface area contributed by atoms with Gasteiger partial charge in [-0.1, -0.05) is 46.6 Å². The molecule has 2 heterocycles. The summed E-state index contributed by atoms with van der Waals surface area (Å²) in [6.45, 7) is 8.64. The summed E-state index contributed by atoms with van der Waals surface area (Å²) in [6.07, 6.45) is 0. The van der Waals surface area contributed by atoms with Crippen LogP contribution in [-0.4, -0.2) is 36.3 Å². The van der Waals surface area contributed by atoms with Crippen molar-refractivity contribution in [2.75, 3.05) is 26.2 Å². The molecular weight excluding hydrogens is 360 g/mol. The van der Waals surface area contributed by atoms with E-state index in [1.165, 1.54) is 29.1 Å². The van der Waals surface area contributed by atoms with Crippen molar-refractivity contribution in [3.05, 3.63) is 70.6 Å². The summed E-state index contributed by atoms with van der Waals surface area (Å²) in [5.41, 5.74) is 3.69. The lowest BCUT2D eigenvalue weighted by atomic mass is 10.1. The Morgan fingerprint density at radius 3 is 2.37 bits per heavy atom. The lowest BCUT2D eigenvalue weighted by Crippen LogP contribution is -3.27. The molecule has 1 fully saturated rings. The van der Waals surface area contributed by atoms with E-state index >= 15 is 0 Å². The number of nitrogens with zero attached hydrogens (tertiary/aromatic N) is 2. The Bertz CT molecular complexity index is 885. The van der Waals surface area contributed by atoms with Crippen LogP contribution in [0.1, 0.15) is 17.0 Å². The molecule has 0 amide bonds. The molecule has 1 saturated heterocycles. The van der Waals surface area contributed by atoms with Crippen LogP contribution >= 0.6 is 11.6 Å². The molecule has 0 atom stereocenters. The van der Waals surface area contributed by atoms with Gasteiger partial charge >= 0.3 is 0 Å². The largest absolute Gasteiger partial charge is 0.333 e. The molecule has 4 rings (SSSR count). The summed E-state index contributed by atoms with van der Waals surface area (Å²) in [4.78, 5) is 7.71. The SMILES string of the molecule is Cc1cccc(C[NH+]2CC[NH+](Cc3nc(-c4ccc(Cl)cc4)no3)CC2)c1. The standard InChI is InChI=1S/C21H23ClN4O/c1-16-3-2-4-17(13-16)14-25-9-11-26(12-10-25)15-20-23-21(24-27-20)18-5-7-19(22)8-6-18/h2-8,13H,9-12,14-15H2,1H3/p+2. The van der Waals surface area contributed by atoms with Gasteiger partial charge in [-0.15, -0.1) is 0 Å². The van der Waals surface area contributed by atoms with Crippen LogP contribution in [0.4, 0.5) is 0 Å². The molecule has 1 aliphatic rings. The minimum atomic E-state index is 0.629. The van der Waals surface area contributed by atoms with Gasteiger partial charge in [0.1, 0.15) is 32.7 Å². The van der Waals surface area contributed by atoms with Crippen molar-refractivity contribution in [3.63, 3.8) is 0 Å². The van der Waals surface area contributed by atoms with E-state index in [0.717, 1.165) is 31.7 Å². The first-order chi connectivity index (χ1) is 13.2. The van der Waals surface area contributed by atoms with Gasteiger partial charge < -0.3 is 14.3 Å². The molecule has 2 N–H and O–H groups in total. The molecule has 0 spiro atoms. The van der Waals surface area contributed by atoms with Gasteiger partial charge in [0.05, 0.1) is 0 Å². The van der Waals surface area contributed by atoms with Gasteiger partial charge in [0.15, 0.2) is 6.54 Å². The molecule has 2 aromatic carbocycles. The number of benzene rings is 2. The second-order valence-corrected chi connectivity index (χ2v) is 7.80. The van der Waals surface area contributed by atoms with Crippen LogP contribution in [-0.2, 0) is 13.1 Å². The van der Waals surface area contributed by atoms with Crippen LogP contribution in [0.5, 0.6) is 0 Å². The third-order valence-electron chi connectivity index (χ3n) is 5.17. The smallest absolute Gasteiger partial charge is 0.282 e. The lowest BCUT2D eigenvalue weighted by Gasteiger charge is -2.29. The molecule has 140 valence electrons. The second-order valence-electron chi connectivity index (χ2n) is 7.36. The second kappa shape index (κ2) is 8.21. The van der Waals surface area contributed by atoms with Gasteiger partial charge in [-0.05, 0) is 31.2 Å². The van der Waals surface area contributed by atoms with Gasteiger partial charge in [0, 0.05) is 16.1 Å². The summed E-state index contributed by atoms with van der Waals surface area (Å²) < 4.78 is 5.47. The summed E-state index contributed by atoms with van der Waals surface area (Å²) in [6, 6.07) is 16.3. The van der Waals surface area contributed by atoms with Crippen molar-refractivity contribution in [2.24, 2.45) is 0 Å². The highest BCUT2D eigenvalue weighted by Crippen LogP contribution is 2.18. The molecule has 0 unspecified atom stereocenters.